The molecule has 0 N–H and O–H groups in total. The molecule has 3 nitrogen and oxygen atoms in total. The van der Waals surface area contributed by atoms with Gasteiger partial charge in [-0.1, -0.05) is 242 Å². The van der Waals surface area contributed by atoms with Gasteiger partial charge in [-0.15, -0.1) is 0 Å². The second kappa shape index (κ2) is 27.9. The van der Waals surface area contributed by atoms with Crippen LogP contribution < -0.4 is 0 Å². The number of nitrogens with zero attached hydrogens (tertiary/aromatic N) is 1. The molecule has 1 saturated heterocycles. The van der Waals surface area contributed by atoms with Gasteiger partial charge in [0.25, 0.3) is 0 Å². The summed E-state index contributed by atoms with van der Waals surface area (Å²) < 4.78 is 11.6. The van der Waals surface area contributed by atoms with E-state index in [0.29, 0.717) is 21.7 Å². The van der Waals surface area contributed by atoms with E-state index in [0.717, 1.165) is 54.3 Å². The van der Waals surface area contributed by atoms with Crippen LogP contribution in [0.1, 0.15) is 259 Å². The van der Waals surface area contributed by atoms with Gasteiger partial charge in [0, 0.05) is 36.3 Å². The Kier molecular flexibility index (Phi) is 26.6. The van der Waals surface area contributed by atoms with Crippen LogP contribution in [-0.4, -0.2) is 24.0 Å². The summed E-state index contributed by atoms with van der Waals surface area (Å²) in [5.41, 5.74) is 8.00. The Balaban J connectivity index is 0.000000844. The molecule has 2 aromatic carbocycles. The van der Waals surface area contributed by atoms with Gasteiger partial charge in [-0.2, -0.15) is 0 Å². The smallest absolute Gasteiger partial charge is 0.109 e. The second-order valence-electron chi connectivity index (χ2n) is 29.8. The Morgan fingerprint density at radius 2 is 0.843 bits per heavy atom. The third-order valence-electron chi connectivity index (χ3n) is 11.5. The van der Waals surface area contributed by atoms with E-state index in [1.807, 2.05) is 13.8 Å². The third kappa shape index (κ3) is 30.8. The Morgan fingerprint density at radius 3 is 1.13 bits per heavy atom. The van der Waals surface area contributed by atoms with Crippen LogP contribution in [0.2, 0.25) is 0 Å². The monoisotopic (exact) mass is 968 g/mol. The number of hydrogen-bond acceptors (Lipinski definition) is 3. The maximum atomic E-state index is 5.82. The highest BCUT2D eigenvalue weighted by molar-refractivity contribution is 5.30. The average Bonchev–Trinajstić information content (AvgIpc) is 3.92. The molecule has 1 aliphatic heterocycles. The molecule has 0 radical (unpaired) electrons. The van der Waals surface area contributed by atoms with E-state index in [-0.39, 0.29) is 21.7 Å². The zero-order chi connectivity index (χ0) is 54.9. The summed E-state index contributed by atoms with van der Waals surface area (Å²) in [6.45, 7) is 67.3. The van der Waals surface area contributed by atoms with Crippen molar-refractivity contribution in [1.82, 2.24) is 4.90 Å². The van der Waals surface area contributed by atoms with Crippen molar-refractivity contribution >= 4 is 0 Å². The predicted molar refractivity (Wildman–Crippen MR) is 314 cm³/mol. The standard InChI is InChI=1S/C15H24.C14H22.2C13H22O.C10H21N.C2H6/c1-14(2,3)11-12-8-7-9-13(10-12)15(4,5)6;1-11(2)9-12-7-6-8-13(10-12)14(3,4)5;2*1-12(2,3)9-10-7-8-11(14-10)13(4,5)6;1-9-6-5-7-11(9)8-10(2,3)4;1-2/h7-10H,11H2,1-6H3;6-8,10-11H,9H2,1-5H3;2*7-8H,9H2,1-6H3;9H,5-8H2,1-4H3;1-2H3/t;;;;9-;/m....1./s1. The lowest BCUT2D eigenvalue weighted by atomic mass is 9.83. The van der Waals surface area contributed by atoms with Crippen LogP contribution in [0.5, 0.6) is 0 Å². The van der Waals surface area contributed by atoms with E-state index in [1.165, 1.54) is 54.6 Å². The van der Waals surface area contributed by atoms with Gasteiger partial charge in [-0.3, -0.25) is 0 Å². The molecular weight excluding hydrogens is 851 g/mol. The Morgan fingerprint density at radius 1 is 0.471 bits per heavy atom. The Bertz CT molecular complexity index is 1930. The zero-order valence-corrected chi connectivity index (χ0v) is 52.0. The summed E-state index contributed by atoms with van der Waals surface area (Å²) in [4.78, 5) is 2.61. The van der Waals surface area contributed by atoms with Crippen molar-refractivity contribution in [3.63, 3.8) is 0 Å². The molecule has 3 heterocycles. The largest absolute Gasteiger partial charge is 0.466 e. The summed E-state index contributed by atoms with van der Waals surface area (Å²) in [5.74, 6) is 5.10. The molecule has 1 atom stereocenters. The van der Waals surface area contributed by atoms with Crippen molar-refractivity contribution in [2.45, 2.75) is 267 Å². The van der Waals surface area contributed by atoms with Gasteiger partial charge in [0.15, 0.2) is 0 Å². The van der Waals surface area contributed by atoms with Crippen molar-refractivity contribution in [1.29, 1.82) is 0 Å². The molecule has 0 saturated carbocycles. The van der Waals surface area contributed by atoms with Crippen LogP contribution in [0, 0.1) is 27.6 Å². The zero-order valence-electron chi connectivity index (χ0n) is 52.0. The summed E-state index contributed by atoms with van der Waals surface area (Å²) in [5, 5.41) is 0. The highest BCUT2D eigenvalue weighted by Gasteiger charge is 2.25. The van der Waals surface area contributed by atoms with Crippen molar-refractivity contribution in [3.8, 4) is 0 Å². The van der Waals surface area contributed by atoms with Crippen LogP contribution in [0.4, 0.5) is 0 Å². The first-order valence-electron chi connectivity index (χ1n) is 27.5. The van der Waals surface area contributed by atoms with Crippen molar-refractivity contribution in [2.75, 3.05) is 13.1 Å². The molecule has 0 spiro atoms. The van der Waals surface area contributed by atoms with Crippen LogP contribution in [0.3, 0.4) is 0 Å². The SMILES string of the molecule is CC.CC(C)(C)Cc1ccc(C(C)(C)C)o1.CC(C)(C)Cc1ccc(C(C)(C)C)o1.CC(C)(C)Cc1cccc(C(C)(C)C)c1.CC(C)Cc1cccc(C(C)(C)C)c1.C[C@@H]1CCCN1CC(C)(C)C. The maximum absolute atomic E-state index is 5.82. The summed E-state index contributed by atoms with van der Waals surface area (Å²) in [6, 6.07) is 27.2. The minimum atomic E-state index is 0.121. The quantitative estimate of drug-likeness (QED) is 0.193. The average molecular weight is 969 g/mol. The fourth-order valence-electron chi connectivity index (χ4n) is 8.03. The van der Waals surface area contributed by atoms with E-state index >= 15 is 0 Å². The van der Waals surface area contributed by atoms with E-state index in [9.17, 15) is 0 Å². The molecule has 2 aromatic heterocycles. The molecule has 1 fully saturated rings. The Hall–Kier alpha value is -3.04. The topological polar surface area (TPSA) is 29.5 Å². The van der Waals surface area contributed by atoms with E-state index < -0.39 is 0 Å². The number of benzene rings is 2. The third-order valence-corrected chi connectivity index (χ3v) is 11.5. The van der Waals surface area contributed by atoms with E-state index in [4.69, 9.17) is 8.83 Å². The number of hydrogen-bond donors (Lipinski definition) is 0. The summed E-state index contributed by atoms with van der Waals surface area (Å²) in [7, 11) is 0. The normalized spacial score (nSPS) is 15.0. The minimum absolute atomic E-state index is 0.121. The number of likely N-dealkylation sites (tertiary alicyclic amines) is 1. The fraction of sp³-hybridized carbons (Fsp3) is 0.701. The molecule has 0 amide bonds. The van der Waals surface area contributed by atoms with Gasteiger partial charge in [0.1, 0.15) is 23.0 Å². The molecule has 0 unspecified atom stereocenters. The highest BCUT2D eigenvalue weighted by Crippen LogP contribution is 2.31. The van der Waals surface area contributed by atoms with Crippen LogP contribution in [0.15, 0.2) is 81.6 Å². The fourth-order valence-corrected chi connectivity index (χ4v) is 8.03. The van der Waals surface area contributed by atoms with Crippen LogP contribution in [-0.2, 0) is 47.3 Å². The van der Waals surface area contributed by atoms with Crippen molar-refractivity contribution < 1.29 is 8.83 Å². The lowest BCUT2D eigenvalue weighted by Gasteiger charge is -2.29. The molecule has 1 aliphatic rings. The molecule has 5 rings (SSSR count). The highest BCUT2D eigenvalue weighted by atomic mass is 16.3. The van der Waals surface area contributed by atoms with Gasteiger partial charge >= 0.3 is 0 Å². The summed E-state index contributed by atoms with van der Waals surface area (Å²) >= 11 is 0. The lowest BCUT2D eigenvalue weighted by molar-refractivity contribution is 0.186. The molecule has 3 heteroatoms. The first-order chi connectivity index (χ1) is 31.4. The molecule has 0 aliphatic carbocycles. The molecule has 70 heavy (non-hydrogen) atoms. The lowest BCUT2D eigenvalue weighted by Crippen LogP contribution is -2.34. The van der Waals surface area contributed by atoms with Gasteiger partial charge in [-0.25, -0.2) is 0 Å². The van der Waals surface area contributed by atoms with Crippen molar-refractivity contribution in [3.05, 3.63) is 118 Å². The first-order valence-corrected chi connectivity index (χ1v) is 27.5. The number of furan rings is 2. The van der Waals surface area contributed by atoms with Gasteiger partial charge in [0.05, 0.1) is 0 Å². The van der Waals surface area contributed by atoms with Gasteiger partial charge in [-0.05, 0) is 124 Å². The number of rotatable bonds is 6. The molecule has 402 valence electrons. The summed E-state index contributed by atoms with van der Waals surface area (Å²) in [6.07, 6.45) is 7.14. The first kappa shape index (κ1) is 67.0. The van der Waals surface area contributed by atoms with Crippen LogP contribution >= 0.6 is 0 Å². The van der Waals surface area contributed by atoms with Gasteiger partial charge < -0.3 is 13.7 Å². The van der Waals surface area contributed by atoms with Crippen molar-refractivity contribution in [2.24, 2.45) is 27.6 Å². The molecular formula is C67H117NO2. The minimum Gasteiger partial charge on any atom is -0.466 e. The molecule has 4 aromatic rings. The predicted octanol–water partition coefficient (Wildman–Crippen LogP) is 20.6. The second-order valence-corrected chi connectivity index (χ2v) is 29.8. The van der Waals surface area contributed by atoms with E-state index in [2.05, 4.69) is 265 Å². The molecule has 0 bridgehead atoms. The van der Waals surface area contributed by atoms with Crippen LogP contribution in [0.25, 0.3) is 0 Å². The van der Waals surface area contributed by atoms with Gasteiger partial charge in [0.2, 0.25) is 0 Å². The van der Waals surface area contributed by atoms with E-state index in [1.54, 1.807) is 0 Å². The maximum Gasteiger partial charge on any atom is 0.109 e. The Labute approximate surface area is 437 Å².